The Bertz CT molecular complexity index is 675. The molecule has 0 radical (unpaired) electrons. The topological polar surface area (TPSA) is 103 Å². The Morgan fingerprint density at radius 2 is 1.75 bits per heavy atom. The lowest BCUT2D eigenvalue weighted by atomic mass is 9.79. The monoisotopic (exact) mass is 470 g/mol. The number of piperidine rings is 1. The highest BCUT2D eigenvalue weighted by Gasteiger charge is 2.51. The van der Waals surface area contributed by atoms with E-state index in [1.807, 2.05) is 33.8 Å². The molecule has 32 heavy (non-hydrogen) atoms. The maximum atomic E-state index is 12.2. The van der Waals surface area contributed by atoms with E-state index in [4.69, 9.17) is 19.8 Å². The lowest BCUT2D eigenvalue weighted by Gasteiger charge is -2.32. The van der Waals surface area contributed by atoms with Crippen LogP contribution in [0.25, 0.3) is 0 Å². The standard InChI is InChI=1S/C12H18BFN2O2S.C9H19N.CH3NO/c1-11(2)12(3,4)18-13(17-11)8-5-6-10(16-19-14)9(15)7-8;1-2-3-7-10-8-5-4-6-9-10;2-1-3/h5-7,16H,15H2,1-4H3;2-9H2,1H3;1H,(H2,2,3). The van der Waals surface area contributed by atoms with E-state index in [0.29, 0.717) is 11.4 Å². The summed E-state index contributed by atoms with van der Waals surface area (Å²) in [6.07, 6.45) is 7.31. The number of halogens is 1. The first-order chi connectivity index (χ1) is 15.1. The number of hydrogen-bond donors (Lipinski definition) is 3. The molecule has 0 unspecified atom stereocenters. The highest BCUT2D eigenvalue weighted by molar-refractivity contribution is 7.95. The lowest BCUT2D eigenvalue weighted by molar-refractivity contribution is -0.106. The molecule has 0 saturated carbocycles. The molecule has 3 rings (SSSR count). The Morgan fingerprint density at radius 3 is 2.22 bits per heavy atom. The highest BCUT2D eigenvalue weighted by Crippen LogP contribution is 2.36. The predicted octanol–water partition coefficient (Wildman–Crippen LogP) is 3.89. The highest BCUT2D eigenvalue weighted by atomic mass is 32.2. The van der Waals surface area contributed by atoms with Gasteiger partial charge in [0.25, 0.3) is 0 Å². The zero-order chi connectivity index (χ0) is 24.2. The largest absolute Gasteiger partial charge is 0.494 e. The van der Waals surface area contributed by atoms with Crippen molar-refractivity contribution in [1.82, 2.24) is 4.90 Å². The zero-order valence-corrected chi connectivity index (χ0v) is 21.0. The fourth-order valence-corrected chi connectivity index (χ4v) is 3.68. The molecule has 0 atom stereocenters. The molecule has 2 aliphatic heterocycles. The first kappa shape index (κ1) is 28.5. The van der Waals surface area contributed by atoms with Crippen LogP contribution in [0.5, 0.6) is 0 Å². The third kappa shape index (κ3) is 8.81. The molecule has 1 amide bonds. The van der Waals surface area contributed by atoms with Gasteiger partial charge in [-0.05, 0) is 84.2 Å². The maximum Gasteiger partial charge on any atom is 0.494 e. The number of hydrogen-bond acceptors (Lipinski definition) is 7. The minimum atomic E-state index is -0.459. The maximum absolute atomic E-state index is 12.2. The van der Waals surface area contributed by atoms with Crippen LogP contribution in [0, 0.1) is 0 Å². The number of nitrogens with zero attached hydrogens (tertiary/aromatic N) is 1. The minimum Gasteiger partial charge on any atom is -0.399 e. The number of carbonyl (C=O) groups is 1. The number of rotatable bonds is 6. The molecule has 10 heteroatoms. The van der Waals surface area contributed by atoms with E-state index < -0.39 is 18.3 Å². The molecule has 2 heterocycles. The van der Waals surface area contributed by atoms with Gasteiger partial charge in [0.1, 0.15) is 0 Å². The van der Waals surface area contributed by atoms with Crippen molar-refractivity contribution >= 4 is 42.7 Å². The fraction of sp³-hybridized carbons (Fsp3) is 0.682. The molecule has 5 N–H and O–H groups in total. The third-order valence-electron chi connectivity index (χ3n) is 6.03. The molecule has 1 aromatic rings. The quantitative estimate of drug-likeness (QED) is 0.251. The Hall–Kier alpha value is -1.49. The van der Waals surface area contributed by atoms with Crippen LogP contribution in [0.2, 0.25) is 0 Å². The molecule has 7 nitrogen and oxygen atoms in total. The average Bonchev–Trinajstić information content (AvgIpc) is 2.97. The molecule has 2 aliphatic rings. The van der Waals surface area contributed by atoms with E-state index in [9.17, 15) is 3.89 Å². The van der Waals surface area contributed by atoms with Gasteiger partial charge < -0.3 is 30.4 Å². The van der Waals surface area contributed by atoms with Gasteiger partial charge in [-0.3, -0.25) is 4.79 Å². The first-order valence-electron chi connectivity index (χ1n) is 11.3. The van der Waals surface area contributed by atoms with Crippen molar-refractivity contribution < 1.29 is 18.0 Å². The van der Waals surface area contributed by atoms with Crippen LogP contribution in [0.15, 0.2) is 18.2 Å². The summed E-state index contributed by atoms with van der Waals surface area (Å²) in [6, 6.07) is 5.26. The number of nitrogen functional groups attached to an aromatic ring is 1. The average molecular weight is 470 g/mol. The van der Waals surface area contributed by atoms with Crippen molar-refractivity contribution in [3.05, 3.63) is 18.2 Å². The van der Waals surface area contributed by atoms with Crippen LogP contribution in [0.4, 0.5) is 15.3 Å². The number of benzene rings is 1. The van der Waals surface area contributed by atoms with Crippen molar-refractivity contribution in [3.8, 4) is 0 Å². The second-order valence-corrected chi connectivity index (χ2v) is 9.36. The number of amides is 1. The number of unbranched alkanes of at least 4 members (excludes halogenated alkanes) is 1. The summed E-state index contributed by atoms with van der Waals surface area (Å²) in [4.78, 5) is 11.2. The Labute approximate surface area is 197 Å². The Morgan fingerprint density at radius 1 is 1.19 bits per heavy atom. The minimum absolute atomic E-state index is 0.0140. The van der Waals surface area contributed by atoms with Crippen LogP contribution in [0.3, 0.4) is 0 Å². The van der Waals surface area contributed by atoms with Crippen LogP contribution in [-0.2, 0) is 14.1 Å². The summed E-state index contributed by atoms with van der Waals surface area (Å²) < 4.78 is 26.5. The van der Waals surface area contributed by atoms with Gasteiger partial charge >= 0.3 is 7.12 Å². The Balaban J connectivity index is 0.000000330. The van der Waals surface area contributed by atoms with Crippen molar-refractivity contribution in [2.75, 3.05) is 30.1 Å². The van der Waals surface area contributed by atoms with Gasteiger partial charge in [-0.2, -0.15) is 0 Å². The number of primary amides is 1. The SMILES string of the molecule is CC1(C)OB(c2ccc(NSF)c(N)c2)OC1(C)C.CCCCN1CCCCC1.NC=O. The summed E-state index contributed by atoms with van der Waals surface area (Å²) in [5, 5.41) is 0. The molecular weight excluding hydrogens is 430 g/mol. The molecule has 0 bridgehead atoms. The van der Waals surface area contributed by atoms with Crippen molar-refractivity contribution in [3.63, 3.8) is 0 Å². The van der Waals surface area contributed by atoms with E-state index >= 15 is 0 Å². The summed E-state index contributed by atoms with van der Waals surface area (Å²) in [5.41, 5.74) is 11.1. The van der Waals surface area contributed by atoms with Crippen LogP contribution < -0.4 is 21.7 Å². The third-order valence-corrected chi connectivity index (χ3v) is 6.32. The molecule has 0 spiro atoms. The number of nitrogens with two attached hydrogens (primary N) is 2. The Kier molecular flexibility index (Phi) is 12.4. The molecule has 0 aromatic heterocycles. The van der Waals surface area contributed by atoms with Crippen LogP contribution >= 0.6 is 12.3 Å². The summed E-state index contributed by atoms with van der Waals surface area (Å²) in [7, 11) is -0.459. The van der Waals surface area contributed by atoms with Gasteiger partial charge in [-0.1, -0.05) is 25.8 Å². The van der Waals surface area contributed by atoms with E-state index in [0.717, 1.165) is 5.46 Å². The molecule has 1 aromatic carbocycles. The van der Waals surface area contributed by atoms with Crippen LogP contribution in [0.1, 0.15) is 66.7 Å². The normalized spacial score (nSPS) is 19.2. The zero-order valence-electron chi connectivity index (χ0n) is 20.2. The predicted molar refractivity (Wildman–Crippen MR) is 134 cm³/mol. The molecular formula is C22H40BFN4O3S. The van der Waals surface area contributed by atoms with Gasteiger partial charge in [0.2, 0.25) is 6.41 Å². The molecule has 0 aliphatic carbocycles. The lowest BCUT2D eigenvalue weighted by Crippen LogP contribution is -2.41. The number of anilines is 2. The first-order valence-corrected chi connectivity index (χ1v) is 12.0. The van der Waals surface area contributed by atoms with Crippen molar-refractivity contribution in [2.24, 2.45) is 5.73 Å². The molecule has 2 fully saturated rings. The van der Waals surface area contributed by atoms with Gasteiger partial charge in [0, 0.05) is 0 Å². The van der Waals surface area contributed by atoms with Gasteiger partial charge in [0.05, 0.1) is 22.6 Å². The summed E-state index contributed by atoms with van der Waals surface area (Å²) in [6.45, 7) is 14.3. The van der Waals surface area contributed by atoms with E-state index in [1.165, 1.54) is 51.7 Å². The summed E-state index contributed by atoms with van der Waals surface area (Å²) >= 11 is 0.0140. The van der Waals surface area contributed by atoms with Gasteiger partial charge in [-0.25, -0.2) is 0 Å². The van der Waals surface area contributed by atoms with E-state index in [2.05, 4.69) is 22.3 Å². The second kappa shape index (κ2) is 13.9. The van der Waals surface area contributed by atoms with E-state index in [1.54, 1.807) is 12.1 Å². The second-order valence-electron chi connectivity index (χ2n) is 9.01. The summed E-state index contributed by atoms with van der Waals surface area (Å²) in [5.74, 6) is 0. The number of likely N-dealkylation sites (tertiary alicyclic amines) is 1. The van der Waals surface area contributed by atoms with Gasteiger partial charge in [-0.15, -0.1) is 3.89 Å². The molecule has 182 valence electrons. The smallest absolute Gasteiger partial charge is 0.399 e. The number of nitrogens with one attached hydrogen (secondary N) is 1. The number of carbonyl (C=O) groups excluding carboxylic acids is 1. The van der Waals surface area contributed by atoms with Crippen molar-refractivity contribution in [1.29, 1.82) is 0 Å². The van der Waals surface area contributed by atoms with E-state index in [-0.39, 0.29) is 18.7 Å². The molecule has 2 saturated heterocycles. The van der Waals surface area contributed by atoms with Crippen LogP contribution in [-0.4, -0.2) is 49.3 Å². The fourth-order valence-electron chi connectivity index (χ4n) is 3.41. The van der Waals surface area contributed by atoms with Crippen molar-refractivity contribution in [2.45, 2.75) is 77.9 Å². The van der Waals surface area contributed by atoms with Gasteiger partial charge in [0.15, 0.2) is 12.3 Å².